The van der Waals surface area contributed by atoms with Crippen molar-refractivity contribution in [2.75, 3.05) is 6.54 Å². The minimum absolute atomic E-state index is 0.124. The Kier molecular flexibility index (Phi) is 6.96. The number of rotatable bonds is 6. The van der Waals surface area contributed by atoms with E-state index in [1.54, 1.807) is 0 Å². The van der Waals surface area contributed by atoms with E-state index < -0.39 is 33.0 Å². The van der Waals surface area contributed by atoms with Crippen LogP contribution in [0.4, 0.5) is 11.4 Å². The number of hydrogen-bond donors (Lipinski definition) is 3. The standard InChI is InChI=1S/C16H19N5O7/c22-14(9-17-15(23)10-4-2-1-3-5-10)18-19-16(24)11-6-12(20(25)26)8-13(7-11)21(27)28/h6-8,10H,1-5,9H2,(H,17,23)(H,18,22)(H,19,24). The highest BCUT2D eigenvalue weighted by Gasteiger charge is 2.22. The third-order valence-electron chi connectivity index (χ3n) is 4.30. The molecule has 1 aliphatic rings. The highest BCUT2D eigenvalue weighted by molar-refractivity contribution is 5.97. The maximum absolute atomic E-state index is 12.0. The van der Waals surface area contributed by atoms with E-state index in [-0.39, 0.29) is 23.9 Å². The van der Waals surface area contributed by atoms with Crippen LogP contribution in [-0.2, 0) is 9.59 Å². The molecule has 12 heteroatoms. The Bertz CT molecular complexity index is 772. The summed E-state index contributed by atoms with van der Waals surface area (Å²) in [5, 5.41) is 24.2. The van der Waals surface area contributed by atoms with Gasteiger partial charge in [-0.15, -0.1) is 0 Å². The number of benzene rings is 1. The molecule has 0 heterocycles. The van der Waals surface area contributed by atoms with Crippen molar-refractivity contribution in [1.82, 2.24) is 16.2 Å². The molecule has 0 atom stereocenters. The Morgan fingerprint density at radius 1 is 0.929 bits per heavy atom. The average molecular weight is 393 g/mol. The summed E-state index contributed by atoms with van der Waals surface area (Å²) in [4.78, 5) is 55.7. The van der Waals surface area contributed by atoms with Gasteiger partial charge in [-0.3, -0.25) is 45.5 Å². The molecule has 1 aliphatic carbocycles. The van der Waals surface area contributed by atoms with Crippen LogP contribution in [0.25, 0.3) is 0 Å². The molecule has 0 unspecified atom stereocenters. The first-order chi connectivity index (χ1) is 13.3. The van der Waals surface area contributed by atoms with Gasteiger partial charge in [0.25, 0.3) is 23.2 Å². The number of nitrogens with zero attached hydrogens (tertiary/aromatic N) is 2. The van der Waals surface area contributed by atoms with Gasteiger partial charge in [0.05, 0.1) is 28.0 Å². The zero-order valence-corrected chi connectivity index (χ0v) is 14.8. The summed E-state index contributed by atoms with van der Waals surface area (Å²) in [6.45, 7) is -0.356. The molecule has 0 spiro atoms. The maximum Gasteiger partial charge on any atom is 0.277 e. The largest absolute Gasteiger partial charge is 0.347 e. The monoisotopic (exact) mass is 393 g/mol. The molecular formula is C16H19N5O7. The van der Waals surface area contributed by atoms with Crippen LogP contribution in [0, 0.1) is 26.1 Å². The fraction of sp³-hybridized carbons (Fsp3) is 0.438. The van der Waals surface area contributed by atoms with Gasteiger partial charge in [0.15, 0.2) is 0 Å². The molecule has 1 aromatic rings. The van der Waals surface area contributed by atoms with E-state index in [0.29, 0.717) is 0 Å². The zero-order valence-electron chi connectivity index (χ0n) is 14.8. The number of nitro groups is 2. The van der Waals surface area contributed by atoms with Crippen molar-refractivity contribution in [2.45, 2.75) is 32.1 Å². The molecule has 0 saturated heterocycles. The lowest BCUT2D eigenvalue weighted by atomic mass is 9.89. The van der Waals surface area contributed by atoms with E-state index >= 15 is 0 Å². The van der Waals surface area contributed by atoms with Gasteiger partial charge in [-0.05, 0) is 12.8 Å². The molecule has 1 saturated carbocycles. The molecular weight excluding hydrogens is 374 g/mol. The number of amides is 3. The quantitative estimate of drug-likeness (QED) is 0.476. The Balaban J connectivity index is 1.88. The molecule has 0 aliphatic heterocycles. The second kappa shape index (κ2) is 9.39. The second-order valence-corrected chi connectivity index (χ2v) is 6.31. The number of non-ortho nitro benzene ring substituents is 2. The lowest BCUT2D eigenvalue weighted by Crippen LogP contribution is -2.47. The van der Waals surface area contributed by atoms with Gasteiger partial charge in [0.1, 0.15) is 0 Å². The molecule has 3 N–H and O–H groups in total. The van der Waals surface area contributed by atoms with Crippen LogP contribution in [0.2, 0.25) is 0 Å². The molecule has 1 fully saturated rings. The Labute approximate surface area is 158 Å². The average Bonchev–Trinajstić information content (AvgIpc) is 2.70. The van der Waals surface area contributed by atoms with E-state index in [9.17, 15) is 34.6 Å². The van der Waals surface area contributed by atoms with E-state index in [2.05, 4.69) is 5.32 Å². The highest BCUT2D eigenvalue weighted by Crippen LogP contribution is 2.24. The van der Waals surface area contributed by atoms with Crippen molar-refractivity contribution in [2.24, 2.45) is 5.92 Å². The third-order valence-corrected chi connectivity index (χ3v) is 4.30. The summed E-state index contributed by atoms with van der Waals surface area (Å²) in [7, 11) is 0. The molecule has 150 valence electrons. The van der Waals surface area contributed by atoms with Crippen molar-refractivity contribution in [1.29, 1.82) is 0 Å². The first-order valence-electron chi connectivity index (χ1n) is 8.58. The summed E-state index contributed by atoms with van der Waals surface area (Å²) in [6.07, 6.45) is 4.57. The molecule has 12 nitrogen and oxygen atoms in total. The molecule has 2 rings (SSSR count). The van der Waals surface area contributed by atoms with Crippen LogP contribution in [0.1, 0.15) is 42.5 Å². The highest BCUT2D eigenvalue weighted by atomic mass is 16.6. The van der Waals surface area contributed by atoms with Gasteiger partial charge in [0.2, 0.25) is 5.91 Å². The van der Waals surface area contributed by atoms with Crippen molar-refractivity contribution in [3.05, 3.63) is 44.0 Å². The van der Waals surface area contributed by atoms with Gasteiger partial charge in [-0.2, -0.15) is 0 Å². The fourth-order valence-electron chi connectivity index (χ4n) is 2.86. The third kappa shape index (κ3) is 5.72. The summed E-state index contributed by atoms with van der Waals surface area (Å²) < 4.78 is 0. The molecule has 1 aromatic carbocycles. The summed E-state index contributed by atoms with van der Waals surface area (Å²) in [5.74, 6) is -2.03. The van der Waals surface area contributed by atoms with E-state index in [4.69, 9.17) is 0 Å². The van der Waals surface area contributed by atoms with Gasteiger partial charge < -0.3 is 5.32 Å². The fourth-order valence-corrected chi connectivity index (χ4v) is 2.86. The molecule has 28 heavy (non-hydrogen) atoms. The Morgan fingerprint density at radius 3 is 2.04 bits per heavy atom. The predicted molar refractivity (Wildman–Crippen MR) is 94.9 cm³/mol. The van der Waals surface area contributed by atoms with E-state index in [1.165, 1.54) is 0 Å². The molecule has 0 radical (unpaired) electrons. The van der Waals surface area contributed by atoms with Crippen molar-refractivity contribution in [3.63, 3.8) is 0 Å². The summed E-state index contributed by atoms with van der Waals surface area (Å²) in [6, 6.07) is 2.41. The van der Waals surface area contributed by atoms with E-state index in [0.717, 1.165) is 50.3 Å². The van der Waals surface area contributed by atoms with Gasteiger partial charge >= 0.3 is 0 Å². The number of nitrogens with one attached hydrogen (secondary N) is 3. The number of carbonyl (C=O) groups excluding carboxylic acids is 3. The number of hydrazine groups is 1. The van der Waals surface area contributed by atoms with Crippen LogP contribution < -0.4 is 16.2 Å². The van der Waals surface area contributed by atoms with E-state index in [1.807, 2.05) is 10.9 Å². The smallest absolute Gasteiger partial charge is 0.277 e. The molecule has 0 bridgehead atoms. The maximum atomic E-state index is 12.0. The van der Waals surface area contributed by atoms with Crippen LogP contribution >= 0.6 is 0 Å². The van der Waals surface area contributed by atoms with Crippen molar-refractivity contribution >= 4 is 29.1 Å². The van der Waals surface area contributed by atoms with Crippen LogP contribution in [0.15, 0.2) is 18.2 Å². The first-order valence-corrected chi connectivity index (χ1v) is 8.58. The van der Waals surface area contributed by atoms with Gasteiger partial charge in [-0.25, -0.2) is 0 Å². The van der Waals surface area contributed by atoms with Crippen molar-refractivity contribution < 1.29 is 24.2 Å². The molecule has 3 amide bonds. The van der Waals surface area contributed by atoms with Crippen LogP contribution in [0.3, 0.4) is 0 Å². The summed E-state index contributed by atoms with van der Waals surface area (Å²) in [5.41, 5.74) is 2.41. The lowest BCUT2D eigenvalue weighted by molar-refractivity contribution is -0.394. The SMILES string of the molecule is O=C(CNC(=O)C1CCCCC1)NNC(=O)c1cc([N+](=O)[O-])cc([N+](=O)[O-])c1. The normalized spacial score (nSPS) is 14.0. The topological polar surface area (TPSA) is 174 Å². The lowest BCUT2D eigenvalue weighted by Gasteiger charge is -2.20. The minimum atomic E-state index is -0.973. The zero-order chi connectivity index (χ0) is 20.7. The second-order valence-electron chi connectivity index (χ2n) is 6.31. The van der Waals surface area contributed by atoms with Gasteiger partial charge in [0, 0.05) is 18.1 Å². The Hall–Kier alpha value is -3.57. The van der Waals surface area contributed by atoms with Crippen LogP contribution in [-0.4, -0.2) is 34.1 Å². The summed E-state index contributed by atoms with van der Waals surface area (Å²) >= 11 is 0. The predicted octanol–water partition coefficient (Wildman–Crippen LogP) is 0.961. The minimum Gasteiger partial charge on any atom is -0.347 e. The van der Waals surface area contributed by atoms with Crippen molar-refractivity contribution in [3.8, 4) is 0 Å². The van der Waals surface area contributed by atoms with Gasteiger partial charge in [-0.1, -0.05) is 19.3 Å². The number of hydrogen-bond acceptors (Lipinski definition) is 7. The number of nitro benzene ring substituents is 2. The molecule has 0 aromatic heterocycles. The first kappa shape index (κ1) is 20.7. The number of carbonyl (C=O) groups is 3. The Morgan fingerprint density at radius 2 is 1.50 bits per heavy atom. The van der Waals surface area contributed by atoms with Crippen LogP contribution in [0.5, 0.6) is 0 Å².